The van der Waals surface area contributed by atoms with Crippen LogP contribution in [0, 0.1) is 5.92 Å². The summed E-state index contributed by atoms with van der Waals surface area (Å²) in [7, 11) is 0. The monoisotopic (exact) mass is 236 g/mol. The molecule has 0 aromatic carbocycles. The van der Waals surface area contributed by atoms with Gasteiger partial charge in [-0.15, -0.1) is 0 Å². The second-order valence-electron chi connectivity index (χ2n) is 4.70. The highest BCUT2D eigenvalue weighted by Crippen LogP contribution is 2.13. The number of nitrogens with zero attached hydrogens (tertiary/aromatic N) is 3. The van der Waals surface area contributed by atoms with Crippen molar-refractivity contribution in [3.05, 3.63) is 18.1 Å². The van der Waals surface area contributed by atoms with Gasteiger partial charge in [-0.3, -0.25) is 0 Å². The summed E-state index contributed by atoms with van der Waals surface area (Å²) in [6.45, 7) is 9.25. The molecule has 1 aromatic rings. The highest BCUT2D eigenvalue weighted by Gasteiger charge is 2.10. The Bertz CT molecular complexity index is 325. The average molecular weight is 236 g/mol. The molecule has 1 heterocycles. The molecular weight excluding hydrogens is 212 g/mol. The van der Waals surface area contributed by atoms with Crippen LogP contribution in [0.15, 0.2) is 12.4 Å². The van der Waals surface area contributed by atoms with Crippen molar-refractivity contribution < 1.29 is 0 Å². The zero-order valence-electron chi connectivity index (χ0n) is 11.2. The lowest BCUT2D eigenvalue weighted by Gasteiger charge is -2.25. The van der Waals surface area contributed by atoms with Crippen LogP contribution < -0.4 is 10.6 Å². The molecule has 0 atom stereocenters. The van der Waals surface area contributed by atoms with E-state index in [-0.39, 0.29) is 0 Å². The van der Waals surface area contributed by atoms with Crippen LogP contribution in [0.1, 0.15) is 32.9 Å². The largest absolute Gasteiger partial charge is 0.356 e. The zero-order valence-corrected chi connectivity index (χ0v) is 11.2. The molecule has 0 radical (unpaired) electrons. The van der Waals surface area contributed by atoms with Gasteiger partial charge >= 0.3 is 0 Å². The van der Waals surface area contributed by atoms with Crippen molar-refractivity contribution in [2.24, 2.45) is 11.7 Å². The van der Waals surface area contributed by atoms with Crippen LogP contribution in [-0.4, -0.2) is 29.6 Å². The van der Waals surface area contributed by atoms with Crippen molar-refractivity contribution in [3.63, 3.8) is 0 Å². The van der Waals surface area contributed by atoms with Crippen molar-refractivity contribution in [3.8, 4) is 0 Å². The van der Waals surface area contributed by atoms with Gasteiger partial charge in [0.1, 0.15) is 12.1 Å². The van der Waals surface area contributed by atoms with Gasteiger partial charge in [0, 0.05) is 24.8 Å². The Morgan fingerprint density at radius 3 is 2.71 bits per heavy atom. The van der Waals surface area contributed by atoms with Crippen LogP contribution in [0.25, 0.3) is 0 Å². The molecule has 2 N–H and O–H groups in total. The van der Waals surface area contributed by atoms with Crippen LogP contribution in [-0.2, 0) is 6.42 Å². The molecule has 0 amide bonds. The lowest BCUT2D eigenvalue weighted by Crippen LogP contribution is -2.30. The van der Waals surface area contributed by atoms with Crippen molar-refractivity contribution in [2.75, 3.05) is 24.5 Å². The summed E-state index contributed by atoms with van der Waals surface area (Å²) in [5.74, 6) is 1.65. The first-order chi connectivity index (χ1) is 8.17. The van der Waals surface area contributed by atoms with E-state index in [0.717, 1.165) is 44.0 Å². The van der Waals surface area contributed by atoms with Gasteiger partial charge in [0.2, 0.25) is 0 Å². The first kappa shape index (κ1) is 13.9. The average Bonchev–Trinajstić information content (AvgIpc) is 2.34. The van der Waals surface area contributed by atoms with Crippen molar-refractivity contribution in [1.29, 1.82) is 0 Å². The maximum absolute atomic E-state index is 5.58. The van der Waals surface area contributed by atoms with E-state index < -0.39 is 0 Å². The third kappa shape index (κ3) is 4.69. The molecule has 0 aliphatic rings. The SMILES string of the molecule is CCc1cc(N(CCCN)CC(C)C)ncn1. The van der Waals surface area contributed by atoms with E-state index in [4.69, 9.17) is 5.73 Å². The minimum atomic E-state index is 0.618. The number of anilines is 1. The van der Waals surface area contributed by atoms with Gasteiger partial charge in [-0.05, 0) is 25.3 Å². The molecule has 1 rings (SSSR count). The lowest BCUT2D eigenvalue weighted by atomic mass is 10.2. The predicted molar refractivity (Wildman–Crippen MR) is 72.1 cm³/mol. The number of aryl methyl sites for hydroxylation is 1. The minimum Gasteiger partial charge on any atom is -0.356 e. The van der Waals surface area contributed by atoms with Gasteiger partial charge < -0.3 is 10.6 Å². The van der Waals surface area contributed by atoms with E-state index in [9.17, 15) is 0 Å². The normalized spacial score (nSPS) is 10.9. The predicted octanol–water partition coefficient (Wildman–Crippen LogP) is 1.85. The molecule has 96 valence electrons. The third-order valence-electron chi connectivity index (χ3n) is 2.61. The molecule has 0 saturated carbocycles. The van der Waals surface area contributed by atoms with Crippen LogP contribution in [0.5, 0.6) is 0 Å². The number of rotatable bonds is 7. The molecule has 0 spiro atoms. The maximum atomic E-state index is 5.58. The molecular formula is C13H24N4. The van der Waals surface area contributed by atoms with E-state index in [0.29, 0.717) is 5.92 Å². The molecule has 0 unspecified atom stereocenters. The van der Waals surface area contributed by atoms with Crippen LogP contribution in [0.4, 0.5) is 5.82 Å². The van der Waals surface area contributed by atoms with Gasteiger partial charge in [-0.25, -0.2) is 9.97 Å². The fourth-order valence-corrected chi connectivity index (χ4v) is 1.77. The first-order valence-electron chi connectivity index (χ1n) is 6.43. The molecule has 0 aliphatic carbocycles. The standard InChI is InChI=1S/C13H24N4/c1-4-12-8-13(16-10-15-12)17(7-5-6-14)9-11(2)3/h8,10-11H,4-7,9,14H2,1-3H3. The summed E-state index contributed by atoms with van der Waals surface area (Å²) in [6.07, 6.45) is 3.60. The summed E-state index contributed by atoms with van der Waals surface area (Å²) in [4.78, 5) is 10.9. The van der Waals surface area contributed by atoms with Gasteiger partial charge in [0.15, 0.2) is 0 Å². The number of nitrogens with two attached hydrogens (primary N) is 1. The van der Waals surface area contributed by atoms with Crippen molar-refractivity contribution >= 4 is 5.82 Å². The quantitative estimate of drug-likeness (QED) is 0.785. The van der Waals surface area contributed by atoms with Crippen LogP contribution >= 0.6 is 0 Å². The number of aromatic nitrogens is 2. The van der Waals surface area contributed by atoms with E-state index in [2.05, 4.69) is 41.7 Å². The molecule has 0 bridgehead atoms. The molecule has 0 saturated heterocycles. The van der Waals surface area contributed by atoms with Gasteiger partial charge in [0.25, 0.3) is 0 Å². The smallest absolute Gasteiger partial charge is 0.132 e. The van der Waals surface area contributed by atoms with Crippen molar-refractivity contribution in [1.82, 2.24) is 9.97 Å². The molecule has 4 nitrogen and oxygen atoms in total. The van der Waals surface area contributed by atoms with E-state index in [1.54, 1.807) is 6.33 Å². The fourth-order valence-electron chi connectivity index (χ4n) is 1.77. The van der Waals surface area contributed by atoms with E-state index in [1.165, 1.54) is 0 Å². The Morgan fingerprint density at radius 2 is 2.12 bits per heavy atom. The first-order valence-corrected chi connectivity index (χ1v) is 6.43. The van der Waals surface area contributed by atoms with Crippen LogP contribution in [0.3, 0.4) is 0 Å². The molecule has 1 aromatic heterocycles. The Labute approximate surface area is 104 Å². The van der Waals surface area contributed by atoms with Gasteiger partial charge in [-0.1, -0.05) is 20.8 Å². The van der Waals surface area contributed by atoms with Crippen molar-refractivity contribution in [2.45, 2.75) is 33.6 Å². The molecule has 17 heavy (non-hydrogen) atoms. The lowest BCUT2D eigenvalue weighted by molar-refractivity contribution is 0.595. The summed E-state index contributed by atoms with van der Waals surface area (Å²) in [5, 5.41) is 0. The highest BCUT2D eigenvalue weighted by atomic mass is 15.2. The van der Waals surface area contributed by atoms with Gasteiger partial charge in [-0.2, -0.15) is 0 Å². The Balaban J connectivity index is 2.78. The number of hydrogen-bond acceptors (Lipinski definition) is 4. The fraction of sp³-hybridized carbons (Fsp3) is 0.692. The second-order valence-corrected chi connectivity index (χ2v) is 4.70. The summed E-state index contributed by atoms with van der Waals surface area (Å²) < 4.78 is 0. The topological polar surface area (TPSA) is 55.0 Å². The van der Waals surface area contributed by atoms with E-state index >= 15 is 0 Å². The molecule has 4 heteroatoms. The Kier molecular flexibility index (Phi) is 5.91. The second kappa shape index (κ2) is 7.22. The molecule has 0 fully saturated rings. The van der Waals surface area contributed by atoms with E-state index in [1.807, 2.05) is 0 Å². The third-order valence-corrected chi connectivity index (χ3v) is 2.61. The minimum absolute atomic E-state index is 0.618. The highest BCUT2D eigenvalue weighted by molar-refractivity contribution is 5.38. The Morgan fingerprint density at radius 1 is 1.35 bits per heavy atom. The van der Waals surface area contributed by atoms with Gasteiger partial charge in [0.05, 0.1) is 0 Å². The molecule has 0 aliphatic heterocycles. The zero-order chi connectivity index (χ0) is 12.7. The summed E-state index contributed by atoms with van der Waals surface area (Å²) in [5.41, 5.74) is 6.68. The summed E-state index contributed by atoms with van der Waals surface area (Å²) in [6, 6.07) is 2.08. The maximum Gasteiger partial charge on any atom is 0.132 e. The van der Waals surface area contributed by atoms with Crippen LogP contribution in [0.2, 0.25) is 0 Å². The Hall–Kier alpha value is -1.16. The summed E-state index contributed by atoms with van der Waals surface area (Å²) >= 11 is 0. The number of hydrogen-bond donors (Lipinski definition) is 1.